The maximum absolute atomic E-state index is 5.34. The number of hydrogen-bond acceptors (Lipinski definition) is 4. The van der Waals surface area contributed by atoms with Crippen LogP contribution in [0.15, 0.2) is 24.3 Å². The van der Waals surface area contributed by atoms with Crippen molar-refractivity contribution in [3.05, 3.63) is 24.3 Å². The van der Waals surface area contributed by atoms with Crippen molar-refractivity contribution in [1.82, 2.24) is 4.90 Å². The SMILES string of the molecule is CN(C)c1cccc(NCCN2CCOCC2)c1. The minimum atomic E-state index is 0.871. The highest BCUT2D eigenvalue weighted by atomic mass is 16.5. The van der Waals surface area contributed by atoms with Gasteiger partial charge in [-0.1, -0.05) is 6.07 Å². The normalized spacial score (nSPS) is 16.6. The first-order valence-electron chi connectivity index (χ1n) is 6.57. The van der Waals surface area contributed by atoms with E-state index in [-0.39, 0.29) is 0 Å². The van der Waals surface area contributed by atoms with Crippen LogP contribution in [0, 0.1) is 0 Å². The smallest absolute Gasteiger partial charge is 0.0594 e. The van der Waals surface area contributed by atoms with Crippen molar-refractivity contribution in [1.29, 1.82) is 0 Å². The fourth-order valence-corrected chi connectivity index (χ4v) is 2.08. The maximum Gasteiger partial charge on any atom is 0.0594 e. The molecule has 0 saturated carbocycles. The van der Waals surface area contributed by atoms with Crippen molar-refractivity contribution in [2.24, 2.45) is 0 Å². The van der Waals surface area contributed by atoms with Gasteiger partial charge < -0.3 is 15.0 Å². The fourth-order valence-electron chi connectivity index (χ4n) is 2.08. The number of anilines is 2. The van der Waals surface area contributed by atoms with Crippen LogP contribution < -0.4 is 10.2 Å². The van der Waals surface area contributed by atoms with Gasteiger partial charge in [0, 0.05) is 51.6 Å². The minimum absolute atomic E-state index is 0.871. The third kappa shape index (κ3) is 3.89. The van der Waals surface area contributed by atoms with E-state index in [1.165, 1.54) is 11.4 Å². The molecule has 1 aromatic carbocycles. The molecule has 0 unspecified atom stereocenters. The van der Waals surface area contributed by atoms with Crippen molar-refractivity contribution in [3.8, 4) is 0 Å². The second kappa shape index (κ2) is 6.61. The molecule has 0 spiro atoms. The van der Waals surface area contributed by atoms with Crippen LogP contribution in [0.1, 0.15) is 0 Å². The van der Waals surface area contributed by atoms with Gasteiger partial charge >= 0.3 is 0 Å². The standard InChI is InChI=1S/C14H23N3O/c1-16(2)14-5-3-4-13(12-14)15-6-7-17-8-10-18-11-9-17/h3-5,12,15H,6-11H2,1-2H3. The van der Waals surface area contributed by atoms with E-state index in [0.717, 1.165) is 39.4 Å². The Balaban J connectivity index is 1.77. The van der Waals surface area contributed by atoms with Gasteiger partial charge in [0.2, 0.25) is 0 Å². The summed E-state index contributed by atoms with van der Waals surface area (Å²) in [6.45, 7) is 5.91. The predicted octanol–water partition coefficient (Wildman–Crippen LogP) is 1.50. The third-order valence-electron chi connectivity index (χ3n) is 3.22. The molecular formula is C14H23N3O. The van der Waals surface area contributed by atoms with Crippen LogP contribution >= 0.6 is 0 Å². The Kier molecular flexibility index (Phi) is 4.84. The topological polar surface area (TPSA) is 27.7 Å². The Morgan fingerprint density at radius 3 is 2.78 bits per heavy atom. The van der Waals surface area contributed by atoms with E-state index in [1.807, 2.05) is 0 Å². The van der Waals surface area contributed by atoms with Crippen LogP contribution in [0.2, 0.25) is 0 Å². The van der Waals surface area contributed by atoms with E-state index in [0.29, 0.717) is 0 Å². The molecule has 1 aromatic rings. The van der Waals surface area contributed by atoms with E-state index in [4.69, 9.17) is 4.74 Å². The highest BCUT2D eigenvalue weighted by molar-refractivity contribution is 5.57. The Hall–Kier alpha value is -1.26. The molecule has 1 aliphatic heterocycles. The van der Waals surface area contributed by atoms with Crippen LogP contribution in [0.3, 0.4) is 0 Å². The second-order valence-electron chi connectivity index (χ2n) is 4.83. The monoisotopic (exact) mass is 249 g/mol. The number of nitrogens with zero attached hydrogens (tertiary/aromatic N) is 2. The van der Waals surface area contributed by atoms with Crippen LogP contribution in [0.5, 0.6) is 0 Å². The van der Waals surface area contributed by atoms with E-state index < -0.39 is 0 Å². The van der Waals surface area contributed by atoms with Crippen molar-refractivity contribution >= 4 is 11.4 Å². The van der Waals surface area contributed by atoms with Gasteiger partial charge in [-0.15, -0.1) is 0 Å². The fraction of sp³-hybridized carbons (Fsp3) is 0.571. The summed E-state index contributed by atoms with van der Waals surface area (Å²) in [4.78, 5) is 4.56. The lowest BCUT2D eigenvalue weighted by atomic mass is 10.2. The molecule has 4 nitrogen and oxygen atoms in total. The number of benzene rings is 1. The second-order valence-corrected chi connectivity index (χ2v) is 4.83. The number of rotatable bonds is 5. The maximum atomic E-state index is 5.34. The van der Waals surface area contributed by atoms with Crippen molar-refractivity contribution in [2.75, 3.05) is 63.7 Å². The number of morpholine rings is 1. The number of ether oxygens (including phenoxy) is 1. The quantitative estimate of drug-likeness (QED) is 0.856. The largest absolute Gasteiger partial charge is 0.384 e. The predicted molar refractivity (Wildman–Crippen MR) is 76.5 cm³/mol. The van der Waals surface area contributed by atoms with Crippen molar-refractivity contribution in [3.63, 3.8) is 0 Å². The van der Waals surface area contributed by atoms with E-state index in [1.54, 1.807) is 0 Å². The lowest BCUT2D eigenvalue weighted by Crippen LogP contribution is -2.39. The Morgan fingerprint density at radius 1 is 1.28 bits per heavy atom. The molecule has 100 valence electrons. The Labute approximate surface area is 110 Å². The first-order chi connectivity index (χ1) is 8.75. The van der Waals surface area contributed by atoms with Gasteiger partial charge in [-0.25, -0.2) is 0 Å². The summed E-state index contributed by atoms with van der Waals surface area (Å²) >= 11 is 0. The molecule has 0 amide bonds. The minimum Gasteiger partial charge on any atom is -0.384 e. The molecule has 1 heterocycles. The molecule has 0 aromatic heterocycles. The Bertz CT molecular complexity index is 362. The molecule has 4 heteroatoms. The molecule has 1 fully saturated rings. The van der Waals surface area contributed by atoms with Crippen LogP contribution in [-0.4, -0.2) is 58.4 Å². The average Bonchev–Trinajstić information content (AvgIpc) is 2.40. The lowest BCUT2D eigenvalue weighted by Gasteiger charge is -2.26. The van der Waals surface area contributed by atoms with Crippen molar-refractivity contribution < 1.29 is 4.74 Å². The molecular weight excluding hydrogens is 226 g/mol. The highest BCUT2D eigenvalue weighted by Crippen LogP contribution is 2.16. The zero-order chi connectivity index (χ0) is 12.8. The van der Waals surface area contributed by atoms with E-state index >= 15 is 0 Å². The van der Waals surface area contributed by atoms with Crippen LogP contribution in [-0.2, 0) is 4.74 Å². The summed E-state index contributed by atoms with van der Waals surface area (Å²) in [6.07, 6.45) is 0. The van der Waals surface area contributed by atoms with Gasteiger partial charge in [0.25, 0.3) is 0 Å². The first kappa shape index (κ1) is 13.2. The number of nitrogens with one attached hydrogen (secondary N) is 1. The van der Waals surface area contributed by atoms with Crippen LogP contribution in [0.25, 0.3) is 0 Å². The summed E-state index contributed by atoms with van der Waals surface area (Å²) in [5, 5.41) is 3.48. The zero-order valence-corrected chi connectivity index (χ0v) is 11.4. The third-order valence-corrected chi connectivity index (χ3v) is 3.22. The summed E-state index contributed by atoms with van der Waals surface area (Å²) in [5.41, 5.74) is 2.42. The Morgan fingerprint density at radius 2 is 2.06 bits per heavy atom. The van der Waals surface area contributed by atoms with Gasteiger partial charge in [-0.2, -0.15) is 0 Å². The molecule has 0 atom stereocenters. The van der Waals surface area contributed by atoms with Gasteiger partial charge in [-0.05, 0) is 18.2 Å². The van der Waals surface area contributed by atoms with Crippen LogP contribution in [0.4, 0.5) is 11.4 Å². The molecule has 1 N–H and O–H groups in total. The highest BCUT2D eigenvalue weighted by Gasteiger charge is 2.09. The van der Waals surface area contributed by atoms with Crippen molar-refractivity contribution in [2.45, 2.75) is 0 Å². The van der Waals surface area contributed by atoms with E-state index in [2.05, 4.69) is 53.5 Å². The molecule has 0 aliphatic carbocycles. The molecule has 2 rings (SSSR count). The van der Waals surface area contributed by atoms with Gasteiger partial charge in [0.1, 0.15) is 0 Å². The van der Waals surface area contributed by atoms with E-state index in [9.17, 15) is 0 Å². The molecule has 0 radical (unpaired) electrons. The number of hydrogen-bond donors (Lipinski definition) is 1. The summed E-state index contributed by atoms with van der Waals surface area (Å²) < 4.78 is 5.34. The molecule has 18 heavy (non-hydrogen) atoms. The average molecular weight is 249 g/mol. The molecule has 1 saturated heterocycles. The molecule has 1 aliphatic rings. The van der Waals surface area contributed by atoms with Gasteiger partial charge in [-0.3, -0.25) is 4.90 Å². The summed E-state index contributed by atoms with van der Waals surface area (Å²) in [7, 11) is 4.12. The zero-order valence-electron chi connectivity index (χ0n) is 11.4. The molecule has 0 bridgehead atoms. The van der Waals surface area contributed by atoms with Gasteiger partial charge in [0.05, 0.1) is 13.2 Å². The summed E-state index contributed by atoms with van der Waals surface area (Å²) in [6, 6.07) is 8.51. The lowest BCUT2D eigenvalue weighted by molar-refractivity contribution is 0.0398. The first-order valence-corrected chi connectivity index (χ1v) is 6.57. The summed E-state index contributed by atoms with van der Waals surface area (Å²) in [5.74, 6) is 0. The van der Waals surface area contributed by atoms with Gasteiger partial charge in [0.15, 0.2) is 0 Å².